The summed E-state index contributed by atoms with van der Waals surface area (Å²) in [6, 6.07) is 0. The Morgan fingerprint density at radius 2 is 2.23 bits per heavy atom. The van der Waals surface area contributed by atoms with Crippen LogP contribution in [0.15, 0.2) is 0 Å². The highest BCUT2D eigenvalue weighted by Crippen LogP contribution is 2.28. The molecule has 0 N–H and O–H groups in total. The van der Waals surface area contributed by atoms with Gasteiger partial charge in [-0.15, -0.1) is 0 Å². The summed E-state index contributed by atoms with van der Waals surface area (Å²) in [5.41, 5.74) is 0. The van der Waals surface area contributed by atoms with Gasteiger partial charge in [-0.05, 0) is 19.3 Å². The smallest absolute Gasteiger partial charge is 0.213 e. The molecule has 0 aliphatic carbocycles. The molecule has 2 atom stereocenters. The molecule has 0 aromatic heterocycles. The van der Waals surface area contributed by atoms with Gasteiger partial charge >= 0.3 is 0 Å². The molecule has 5 heteroatoms. The van der Waals surface area contributed by atoms with Crippen molar-refractivity contribution >= 4 is 10.0 Å². The van der Waals surface area contributed by atoms with Gasteiger partial charge in [-0.3, -0.25) is 0 Å². The molecule has 76 valence electrons. The van der Waals surface area contributed by atoms with Crippen LogP contribution in [-0.4, -0.2) is 44.3 Å². The minimum atomic E-state index is -2.99. The summed E-state index contributed by atoms with van der Waals surface area (Å²) in [7, 11) is -2.99. The maximum Gasteiger partial charge on any atom is 0.213 e. The molecule has 0 amide bonds. The van der Waals surface area contributed by atoms with Crippen molar-refractivity contribution in [1.29, 1.82) is 0 Å². The van der Waals surface area contributed by atoms with Crippen LogP contribution in [0.2, 0.25) is 0 Å². The van der Waals surface area contributed by atoms with Gasteiger partial charge in [0.2, 0.25) is 10.0 Å². The molecule has 0 radical (unpaired) electrons. The van der Waals surface area contributed by atoms with E-state index < -0.39 is 10.0 Å². The average Bonchev–Trinajstić information content (AvgIpc) is 2.45. The highest BCUT2D eigenvalue weighted by Gasteiger charge is 2.37. The Hall–Kier alpha value is -0.130. The van der Waals surface area contributed by atoms with E-state index in [-0.39, 0.29) is 11.9 Å². The molecule has 4 nitrogen and oxygen atoms in total. The van der Waals surface area contributed by atoms with Crippen molar-refractivity contribution in [2.24, 2.45) is 5.92 Å². The molecule has 2 unspecified atom stereocenters. The van der Waals surface area contributed by atoms with Gasteiger partial charge in [0.05, 0.1) is 18.5 Å². The minimum absolute atomic E-state index is 0.153. The van der Waals surface area contributed by atoms with Crippen molar-refractivity contribution in [3.05, 3.63) is 0 Å². The first-order valence-electron chi connectivity index (χ1n) is 4.71. The highest BCUT2D eigenvalue weighted by molar-refractivity contribution is 7.89. The van der Waals surface area contributed by atoms with E-state index in [2.05, 4.69) is 0 Å². The predicted molar refractivity (Wildman–Crippen MR) is 48.9 cm³/mol. The van der Waals surface area contributed by atoms with Crippen LogP contribution in [0.5, 0.6) is 0 Å². The molecule has 0 aromatic carbocycles. The second-order valence-corrected chi connectivity index (χ2v) is 6.03. The molecular formula is C8H15NO3S. The van der Waals surface area contributed by atoms with Crippen LogP contribution in [0.25, 0.3) is 0 Å². The lowest BCUT2D eigenvalue weighted by molar-refractivity contribution is 0.104. The van der Waals surface area contributed by atoms with Crippen molar-refractivity contribution in [3.63, 3.8) is 0 Å². The van der Waals surface area contributed by atoms with E-state index in [4.69, 9.17) is 4.74 Å². The van der Waals surface area contributed by atoms with E-state index >= 15 is 0 Å². The van der Waals surface area contributed by atoms with Gasteiger partial charge in [-0.1, -0.05) is 0 Å². The first kappa shape index (κ1) is 9.43. The fourth-order valence-corrected chi connectivity index (χ4v) is 3.23. The lowest BCUT2D eigenvalue weighted by Gasteiger charge is -2.28. The molecule has 0 saturated carbocycles. The minimum Gasteiger partial charge on any atom is -0.376 e. The van der Waals surface area contributed by atoms with Gasteiger partial charge in [0, 0.05) is 13.1 Å². The third-order valence-corrected chi connectivity index (χ3v) is 4.61. The van der Waals surface area contributed by atoms with Gasteiger partial charge in [-0.2, -0.15) is 4.31 Å². The normalized spacial score (nSPS) is 35.2. The van der Waals surface area contributed by atoms with Crippen molar-refractivity contribution in [2.75, 3.05) is 25.4 Å². The molecule has 0 aromatic rings. The number of hydrogen-bond donors (Lipinski definition) is 0. The Morgan fingerprint density at radius 1 is 1.46 bits per heavy atom. The Labute approximate surface area is 78.9 Å². The second kappa shape index (κ2) is 3.22. The SMILES string of the molecule is CCS(=O)(=O)N1CC2COC(C2)C1. The lowest BCUT2D eigenvalue weighted by atomic mass is 10.0. The molecule has 2 fully saturated rings. The third kappa shape index (κ3) is 1.73. The van der Waals surface area contributed by atoms with Crippen molar-refractivity contribution in [1.82, 2.24) is 4.31 Å². The van der Waals surface area contributed by atoms with Crippen LogP contribution in [-0.2, 0) is 14.8 Å². The number of hydrogen-bond acceptors (Lipinski definition) is 3. The first-order valence-corrected chi connectivity index (χ1v) is 6.32. The van der Waals surface area contributed by atoms with E-state index in [0.717, 1.165) is 13.0 Å². The predicted octanol–water partition coefficient (Wildman–Crippen LogP) is 0.0568. The summed E-state index contributed by atoms with van der Waals surface area (Å²) in [4.78, 5) is 0. The largest absolute Gasteiger partial charge is 0.376 e. The zero-order valence-electron chi connectivity index (χ0n) is 7.77. The third-order valence-electron chi connectivity index (χ3n) is 2.79. The van der Waals surface area contributed by atoms with E-state index in [1.54, 1.807) is 11.2 Å². The molecule has 0 spiro atoms. The fourth-order valence-electron chi connectivity index (χ4n) is 2.03. The molecule has 2 aliphatic heterocycles. The van der Waals surface area contributed by atoms with Gasteiger partial charge in [0.25, 0.3) is 0 Å². The van der Waals surface area contributed by atoms with Crippen LogP contribution in [0.4, 0.5) is 0 Å². The maximum atomic E-state index is 11.5. The molecule has 2 bridgehead atoms. The van der Waals surface area contributed by atoms with Crippen molar-refractivity contribution in [3.8, 4) is 0 Å². The van der Waals surface area contributed by atoms with Gasteiger partial charge in [-0.25, -0.2) is 8.42 Å². The van der Waals surface area contributed by atoms with Gasteiger partial charge in [0.1, 0.15) is 0 Å². The Morgan fingerprint density at radius 3 is 2.85 bits per heavy atom. The highest BCUT2D eigenvalue weighted by atomic mass is 32.2. The van der Waals surface area contributed by atoms with E-state index in [9.17, 15) is 8.42 Å². The van der Waals surface area contributed by atoms with Gasteiger partial charge < -0.3 is 4.74 Å². The van der Waals surface area contributed by atoms with Gasteiger partial charge in [0.15, 0.2) is 0 Å². The second-order valence-electron chi connectivity index (χ2n) is 3.77. The Kier molecular flexibility index (Phi) is 2.33. The van der Waals surface area contributed by atoms with Crippen LogP contribution in [0.3, 0.4) is 0 Å². The van der Waals surface area contributed by atoms with Crippen LogP contribution in [0.1, 0.15) is 13.3 Å². The topological polar surface area (TPSA) is 46.6 Å². The molecule has 2 rings (SSSR count). The summed E-state index contributed by atoms with van der Waals surface area (Å²) in [6.45, 7) is 3.65. The summed E-state index contributed by atoms with van der Waals surface area (Å²) in [5.74, 6) is 0.631. The number of sulfonamides is 1. The molecule has 13 heavy (non-hydrogen) atoms. The number of fused-ring (bicyclic) bond motifs is 2. The monoisotopic (exact) mass is 205 g/mol. The zero-order valence-corrected chi connectivity index (χ0v) is 8.59. The van der Waals surface area contributed by atoms with Crippen molar-refractivity contribution in [2.45, 2.75) is 19.4 Å². The van der Waals surface area contributed by atoms with Crippen molar-refractivity contribution < 1.29 is 13.2 Å². The van der Waals surface area contributed by atoms with E-state index in [1.165, 1.54) is 0 Å². The van der Waals surface area contributed by atoms with Crippen LogP contribution >= 0.6 is 0 Å². The number of nitrogens with zero attached hydrogens (tertiary/aromatic N) is 1. The molecule has 2 aliphatic rings. The standard InChI is InChI=1S/C8H15NO3S/c1-2-13(10,11)9-4-7-3-8(5-9)12-6-7/h7-8H,2-6H2,1H3. The zero-order chi connectivity index (χ0) is 9.47. The number of rotatable bonds is 2. The Bertz CT molecular complexity index is 276. The lowest BCUT2D eigenvalue weighted by Crippen LogP contribution is -2.43. The molecule has 2 saturated heterocycles. The Balaban J connectivity index is 2.11. The average molecular weight is 205 g/mol. The molecular weight excluding hydrogens is 190 g/mol. The summed E-state index contributed by atoms with van der Waals surface area (Å²) in [5, 5.41) is 0. The number of piperidine rings is 1. The summed E-state index contributed by atoms with van der Waals surface area (Å²) < 4.78 is 30.1. The first-order chi connectivity index (χ1) is 6.12. The fraction of sp³-hybridized carbons (Fsp3) is 1.00. The molecule has 2 heterocycles. The quantitative estimate of drug-likeness (QED) is 0.640. The van der Waals surface area contributed by atoms with E-state index in [1.807, 2.05) is 0 Å². The summed E-state index contributed by atoms with van der Waals surface area (Å²) >= 11 is 0. The van der Waals surface area contributed by atoms with Crippen LogP contribution < -0.4 is 0 Å². The van der Waals surface area contributed by atoms with Crippen LogP contribution in [0, 0.1) is 5.92 Å². The van der Waals surface area contributed by atoms with E-state index in [0.29, 0.717) is 19.0 Å². The number of ether oxygens (including phenoxy) is 1. The summed E-state index contributed by atoms with van der Waals surface area (Å²) in [6.07, 6.45) is 1.19. The maximum absolute atomic E-state index is 11.5.